The van der Waals surface area contributed by atoms with Crippen molar-refractivity contribution in [3.63, 3.8) is 0 Å². The first kappa shape index (κ1) is 12.8. The summed E-state index contributed by atoms with van der Waals surface area (Å²) < 4.78 is 5.37. The fraction of sp³-hybridized carbons (Fsp3) is 0.500. The van der Waals surface area contributed by atoms with Crippen LogP contribution in [0.15, 0.2) is 22.9 Å². The molecule has 1 N–H and O–H groups in total. The number of pyridine rings is 1. The molecular weight excluding hydrogens is 266 g/mol. The molecule has 5 heteroatoms. The molecule has 4 heterocycles. The topological polar surface area (TPSA) is 58.4 Å². The van der Waals surface area contributed by atoms with Gasteiger partial charge < -0.3 is 14.6 Å². The SMILES string of the molecule is Cc1coc2cnc(C(=O)N[C@@H]3C[C@@H]4CCN(C4)C3)cc12. The summed E-state index contributed by atoms with van der Waals surface area (Å²) in [6.45, 7) is 5.31. The molecule has 110 valence electrons. The number of hydrogen-bond donors (Lipinski definition) is 1. The van der Waals surface area contributed by atoms with Crippen LogP contribution in [0.1, 0.15) is 28.9 Å². The fourth-order valence-corrected chi connectivity index (χ4v) is 3.61. The van der Waals surface area contributed by atoms with Crippen molar-refractivity contribution < 1.29 is 9.21 Å². The zero-order valence-corrected chi connectivity index (χ0v) is 12.1. The van der Waals surface area contributed by atoms with Crippen molar-refractivity contribution in [3.8, 4) is 0 Å². The summed E-state index contributed by atoms with van der Waals surface area (Å²) in [7, 11) is 0. The molecule has 1 unspecified atom stereocenters. The van der Waals surface area contributed by atoms with Crippen molar-refractivity contribution in [2.45, 2.75) is 25.8 Å². The smallest absolute Gasteiger partial charge is 0.270 e. The minimum atomic E-state index is -0.0787. The number of rotatable bonds is 2. The largest absolute Gasteiger partial charge is 0.462 e. The molecule has 2 saturated heterocycles. The van der Waals surface area contributed by atoms with Crippen molar-refractivity contribution in [2.75, 3.05) is 19.6 Å². The van der Waals surface area contributed by atoms with Crippen LogP contribution in [0.2, 0.25) is 0 Å². The highest BCUT2D eigenvalue weighted by molar-refractivity contribution is 5.96. The molecule has 2 aliphatic rings. The van der Waals surface area contributed by atoms with Crippen LogP contribution in [0.5, 0.6) is 0 Å². The first-order valence-corrected chi connectivity index (χ1v) is 7.56. The third-order valence-corrected chi connectivity index (χ3v) is 4.69. The van der Waals surface area contributed by atoms with Crippen molar-refractivity contribution in [1.82, 2.24) is 15.2 Å². The highest BCUT2D eigenvalue weighted by Gasteiger charge is 2.33. The number of fused-ring (bicyclic) bond motifs is 3. The molecule has 0 aromatic carbocycles. The normalized spacial score (nSPS) is 28.0. The number of nitrogens with one attached hydrogen (secondary N) is 1. The first-order chi connectivity index (χ1) is 10.2. The van der Waals surface area contributed by atoms with Crippen molar-refractivity contribution in [3.05, 3.63) is 29.8 Å². The summed E-state index contributed by atoms with van der Waals surface area (Å²) in [5.41, 5.74) is 2.23. The van der Waals surface area contributed by atoms with Crippen LogP contribution in [-0.4, -0.2) is 41.5 Å². The number of carbonyl (C=O) groups excluding carboxylic acids is 1. The van der Waals surface area contributed by atoms with E-state index in [0.717, 1.165) is 35.4 Å². The molecule has 3 atom stereocenters. The van der Waals surface area contributed by atoms with E-state index in [1.807, 2.05) is 13.0 Å². The third-order valence-electron chi connectivity index (χ3n) is 4.69. The van der Waals surface area contributed by atoms with E-state index in [9.17, 15) is 4.79 Å². The minimum Gasteiger partial charge on any atom is -0.462 e. The van der Waals surface area contributed by atoms with Crippen LogP contribution in [0.25, 0.3) is 11.0 Å². The van der Waals surface area contributed by atoms with E-state index in [2.05, 4.69) is 15.2 Å². The third kappa shape index (κ3) is 2.31. The Kier molecular flexibility index (Phi) is 2.96. The second kappa shape index (κ2) is 4.84. The lowest BCUT2D eigenvalue weighted by molar-refractivity contribution is 0.0904. The second-order valence-electron chi connectivity index (χ2n) is 6.30. The summed E-state index contributed by atoms with van der Waals surface area (Å²) in [4.78, 5) is 19.1. The lowest BCUT2D eigenvalue weighted by Gasteiger charge is -2.30. The van der Waals surface area contributed by atoms with Gasteiger partial charge in [-0.1, -0.05) is 0 Å². The first-order valence-electron chi connectivity index (χ1n) is 7.56. The van der Waals surface area contributed by atoms with Gasteiger partial charge >= 0.3 is 0 Å². The molecule has 0 saturated carbocycles. The molecule has 2 bridgehead atoms. The number of aromatic nitrogens is 1. The van der Waals surface area contributed by atoms with Gasteiger partial charge in [0.2, 0.25) is 0 Å². The number of nitrogens with zero attached hydrogens (tertiary/aromatic N) is 2. The van der Waals surface area contributed by atoms with Gasteiger partial charge in [0.15, 0.2) is 5.58 Å². The number of amides is 1. The van der Waals surface area contributed by atoms with Gasteiger partial charge in [-0.2, -0.15) is 0 Å². The fourth-order valence-electron chi connectivity index (χ4n) is 3.61. The molecule has 5 nitrogen and oxygen atoms in total. The summed E-state index contributed by atoms with van der Waals surface area (Å²) in [6.07, 6.45) is 5.69. The molecule has 4 rings (SSSR count). The van der Waals surface area contributed by atoms with Gasteiger partial charge in [0.05, 0.1) is 12.5 Å². The Hall–Kier alpha value is -1.88. The maximum atomic E-state index is 12.4. The number of carbonyl (C=O) groups is 1. The highest BCUT2D eigenvalue weighted by Crippen LogP contribution is 2.27. The van der Waals surface area contributed by atoms with Crippen molar-refractivity contribution in [1.29, 1.82) is 0 Å². The number of aryl methyl sites for hydroxylation is 1. The number of furan rings is 1. The Balaban J connectivity index is 1.52. The second-order valence-corrected chi connectivity index (χ2v) is 6.30. The predicted octanol–water partition coefficient (Wildman–Crippen LogP) is 1.96. The van der Waals surface area contributed by atoms with E-state index >= 15 is 0 Å². The number of hydrogen-bond acceptors (Lipinski definition) is 4. The molecule has 1 amide bonds. The predicted molar refractivity (Wildman–Crippen MR) is 79.2 cm³/mol. The van der Waals surface area contributed by atoms with Crippen LogP contribution in [-0.2, 0) is 0 Å². The lowest BCUT2D eigenvalue weighted by atomic mass is 9.97. The van der Waals surface area contributed by atoms with Crippen LogP contribution >= 0.6 is 0 Å². The molecule has 2 aliphatic heterocycles. The molecule has 0 spiro atoms. The molecule has 2 aromatic heterocycles. The van der Waals surface area contributed by atoms with Crippen LogP contribution < -0.4 is 5.32 Å². The Morgan fingerprint density at radius 2 is 2.38 bits per heavy atom. The van der Waals surface area contributed by atoms with Crippen molar-refractivity contribution >= 4 is 16.9 Å². The summed E-state index contributed by atoms with van der Waals surface area (Å²) in [5, 5.41) is 4.10. The van der Waals surface area contributed by atoms with E-state index in [1.165, 1.54) is 19.5 Å². The van der Waals surface area contributed by atoms with Crippen LogP contribution in [0, 0.1) is 12.8 Å². The van der Waals surface area contributed by atoms with E-state index in [-0.39, 0.29) is 11.9 Å². The Bertz CT molecular complexity index is 682. The summed E-state index contributed by atoms with van der Waals surface area (Å²) >= 11 is 0. The zero-order chi connectivity index (χ0) is 14.4. The standard InChI is InChI=1S/C16H19N3O2/c1-10-9-21-15-6-17-14(5-13(10)15)16(20)18-12-4-11-2-3-19(7-11)8-12/h5-6,9,11-12H,2-4,7-8H2,1H3,(H,18,20)/t11-,12+/m0/s1. The molecule has 2 aromatic rings. The lowest BCUT2D eigenvalue weighted by Crippen LogP contribution is -2.47. The quantitative estimate of drug-likeness (QED) is 0.916. The minimum absolute atomic E-state index is 0.0787. The van der Waals surface area contributed by atoms with Gasteiger partial charge in [-0.05, 0) is 43.9 Å². The highest BCUT2D eigenvalue weighted by atomic mass is 16.3. The molecule has 2 fully saturated rings. The van der Waals surface area contributed by atoms with Crippen molar-refractivity contribution in [2.24, 2.45) is 5.92 Å². The molecule has 0 aliphatic carbocycles. The van der Waals surface area contributed by atoms with Gasteiger partial charge in [0.25, 0.3) is 5.91 Å². The molecule has 0 radical (unpaired) electrons. The Labute approximate surface area is 123 Å². The van der Waals surface area contributed by atoms with Gasteiger partial charge in [0.1, 0.15) is 5.69 Å². The maximum absolute atomic E-state index is 12.4. The van der Waals surface area contributed by atoms with E-state index in [4.69, 9.17) is 4.42 Å². The van der Waals surface area contributed by atoms with Crippen LogP contribution in [0.4, 0.5) is 0 Å². The van der Waals surface area contributed by atoms with Gasteiger partial charge in [-0.15, -0.1) is 0 Å². The van der Waals surface area contributed by atoms with E-state index in [1.54, 1.807) is 12.5 Å². The summed E-state index contributed by atoms with van der Waals surface area (Å²) in [6, 6.07) is 2.07. The summed E-state index contributed by atoms with van der Waals surface area (Å²) in [5.74, 6) is 0.667. The average molecular weight is 285 g/mol. The Morgan fingerprint density at radius 3 is 3.24 bits per heavy atom. The molecular formula is C16H19N3O2. The molecule has 21 heavy (non-hydrogen) atoms. The number of piperidine rings is 1. The zero-order valence-electron chi connectivity index (χ0n) is 12.1. The van der Waals surface area contributed by atoms with Gasteiger partial charge in [-0.25, -0.2) is 4.98 Å². The average Bonchev–Trinajstić information content (AvgIpc) is 3.02. The Morgan fingerprint density at radius 1 is 1.48 bits per heavy atom. The van der Waals surface area contributed by atoms with Crippen LogP contribution in [0.3, 0.4) is 0 Å². The van der Waals surface area contributed by atoms with E-state index < -0.39 is 0 Å². The van der Waals surface area contributed by atoms with Gasteiger partial charge in [0, 0.05) is 24.5 Å². The monoisotopic (exact) mass is 285 g/mol. The maximum Gasteiger partial charge on any atom is 0.270 e. The van der Waals surface area contributed by atoms with Gasteiger partial charge in [-0.3, -0.25) is 4.79 Å². The van der Waals surface area contributed by atoms with E-state index in [0.29, 0.717) is 5.69 Å².